The Hall–Kier alpha value is -2.40. The first-order valence-corrected chi connectivity index (χ1v) is 12.1. The summed E-state index contributed by atoms with van der Waals surface area (Å²) in [5, 5.41) is 2.83. The van der Waals surface area contributed by atoms with Gasteiger partial charge >= 0.3 is 6.18 Å². The summed E-state index contributed by atoms with van der Waals surface area (Å²) in [7, 11) is 0. The van der Waals surface area contributed by atoms with Crippen molar-refractivity contribution in [3.63, 3.8) is 0 Å². The first kappa shape index (κ1) is 25.7. The molecule has 3 aliphatic heterocycles. The molecule has 0 aromatic carbocycles. The minimum atomic E-state index is -4.45. The number of likely N-dealkylation sites (tertiary alicyclic amines) is 1. The summed E-state index contributed by atoms with van der Waals surface area (Å²) in [4.78, 5) is 29.2. The van der Waals surface area contributed by atoms with E-state index in [4.69, 9.17) is 0 Å². The van der Waals surface area contributed by atoms with Crippen molar-refractivity contribution in [2.75, 3.05) is 42.9 Å². The number of fused-ring (bicyclic) bond motifs is 1. The molecule has 0 radical (unpaired) electrons. The van der Waals surface area contributed by atoms with Gasteiger partial charge in [0.25, 0.3) is 0 Å². The summed E-state index contributed by atoms with van der Waals surface area (Å²) in [6.07, 6.45) is 2.26. The van der Waals surface area contributed by atoms with Crippen molar-refractivity contribution in [2.45, 2.75) is 63.6 Å². The highest BCUT2D eigenvalue weighted by molar-refractivity contribution is 5.94. The minimum absolute atomic E-state index is 0. The highest BCUT2D eigenvalue weighted by atomic mass is 35.5. The molecular formula is C23H31ClF3N7O. The molecule has 8 nitrogen and oxygen atoms in total. The van der Waals surface area contributed by atoms with Crippen molar-refractivity contribution in [3.8, 4) is 0 Å². The van der Waals surface area contributed by atoms with E-state index in [1.807, 2.05) is 6.92 Å². The number of hydrogen-bond donors (Lipinski definition) is 1. The second kappa shape index (κ2) is 10.3. The van der Waals surface area contributed by atoms with Gasteiger partial charge in [0.1, 0.15) is 23.8 Å². The normalized spacial score (nSPS) is 21.5. The molecule has 2 aromatic rings. The van der Waals surface area contributed by atoms with Crippen molar-refractivity contribution in [3.05, 3.63) is 29.6 Å². The van der Waals surface area contributed by atoms with Crippen LogP contribution in [0.5, 0.6) is 0 Å². The number of hydrogen-bond acceptors (Lipinski definition) is 6. The lowest BCUT2D eigenvalue weighted by atomic mass is 9.92. The third-order valence-electron chi connectivity index (χ3n) is 7.22. The summed E-state index contributed by atoms with van der Waals surface area (Å²) in [5.41, 5.74) is 0.132. The largest absolute Gasteiger partial charge is 0.434 e. The SMILES string of the molecule is C[C@@H]1CC(=O)Nc2ncnc(N3CCC(c4nc(C(F)(F)F)cn4CCN4CCCC4)CC3)c21.Cl. The molecule has 12 heteroatoms. The maximum atomic E-state index is 13.5. The Bertz CT molecular complexity index is 1050. The maximum Gasteiger partial charge on any atom is 0.434 e. The van der Waals surface area contributed by atoms with Gasteiger partial charge in [0, 0.05) is 50.3 Å². The van der Waals surface area contributed by atoms with E-state index in [1.54, 1.807) is 4.57 Å². The van der Waals surface area contributed by atoms with Crippen molar-refractivity contribution < 1.29 is 18.0 Å². The molecule has 1 atom stereocenters. The van der Waals surface area contributed by atoms with Gasteiger partial charge in [-0.15, -0.1) is 12.4 Å². The third-order valence-corrected chi connectivity index (χ3v) is 7.22. The minimum Gasteiger partial charge on any atom is -0.356 e. The average Bonchev–Trinajstić information content (AvgIpc) is 3.47. The Labute approximate surface area is 208 Å². The zero-order chi connectivity index (χ0) is 23.9. The van der Waals surface area contributed by atoms with Crippen LogP contribution in [0.4, 0.5) is 24.8 Å². The number of rotatable bonds is 5. The van der Waals surface area contributed by atoms with Crippen LogP contribution < -0.4 is 10.2 Å². The fourth-order valence-electron chi connectivity index (χ4n) is 5.43. The summed E-state index contributed by atoms with van der Waals surface area (Å²) in [5.74, 6) is 1.82. The Kier molecular flexibility index (Phi) is 7.56. The second-order valence-electron chi connectivity index (χ2n) is 9.60. The lowest BCUT2D eigenvalue weighted by molar-refractivity contribution is -0.141. The Balaban J connectivity index is 0.00000289. The molecule has 0 spiro atoms. The van der Waals surface area contributed by atoms with E-state index in [0.717, 1.165) is 43.9 Å². The van der Waals surface area contributed by atoms with E-state index in [9.17, 15) is 18.0 Å². The molecule has 0 bridgehead atoms. The van der Waals surface area contributed by atoms with Crippen LogP contribution in [0.2, 0.25) is 0 Å². The van der Waals surface area contributed by atoms with E-state index in [0.29, 0.717) is 50.5 Å². The van der Waals surface area contributed by atoms with Crippen molar-refractivity contribution in [1.82, 2.24) is 24.4 Å². The Morgan fingerprint density at radius 3 is 2.49 bits per heavy atom. The number of carbonyl (C=O) groups excluding carboxylic acids is 1. The Morgan fingerprint density at radius 2 is 1.80 bits per heavy atom. The van der Waals surface area contributed by atoms with E-state index < -0.39 is 11.9 Å². The van der Waals surface area contributed by atoms with E-state index in [2.05, 4.69) is 30.1 Å². The number of amides is 1. The fraction of sp³-hybridized carbons (Fsp3) is 0.652. The molecule has 0 unspecified atom stereocenters. The molecule has 1 N–H and O–H groups in total. The van der Waals surface area contributed by atoms with E-state index in [-0.39, 0.29) is 30.2 Å². The zero-order valence-electron chi connectivity index (χ0n) is 19.7. The molecule has 2 aromatic heterocycles. The van der Waals surface area contributed by atoms with Crippen molar-refractivity contribution in [2.24, 2.45) is 0 Å². The molecule has 2 saturated heterocycles. The fourth-order valence-corrected chi connectivity index (χ4v) is 5.43. The molecule has 2 fully saturated rings. The number of piperidine rings is 1. The van der Waals surface area contributed by atoms with E-state index in [1.165, 1.54) is 12.5 Å². The van der Waals surface area contributed by atoms with Crippen LogP contribution in [-0.2, 0) is 17.5 Å². The third kappa shape index (κ3) is 5.40. The predicted octanol–water partition coefficient (Wildman–Crippen LogP) is 4.04. The second-order valence-corrected chi connectivity index (χ2v) is 9.60. The number of aromatic nitrogens is 4. The van der Waals surface area contributed by atoms with Crippen LogP contribution in [0.1, 0.15) is 67.9 Å². The van der Waals surface area contributed by atoms with Crippen molar-refractivity contribution >= 4 is 29.9 Å². The van der Waals surface area contributed by atoms with E-state index >= 15 is 0 Å². The van der Waals surface area contributed by atoms with Crippen molar-refractivity contribution in [1.29, 1.82) is 0 Å². The van der Waals surface area contributed by atoms with Gasteiger partial charge in [0.05, 0.1) is 0 Å². The average molecular weight is 514 g/mol. The standard InChI is InChI=1S/C23H30F3N7O.ClH/c1-15-12-18(34)30-20-19(15)22(28-14-27-20)32-8-4-16(5-9-32)21-29-17(23(24,25)26)13-33(21)11-10-31-6-2-3-7-31;/h13-16H,2-12H2,1H3,(H,27,28,30,34);1H/t15-;/m1./s1. The number of halogens is 4. The first-order chi connectivity index (χ1) is 16.3. The van der Waals surface area contributed by atoms with Crippen LogP contribution in [0.25, 0.3) is 0 Å². The van der Waals surface area contributed by atoms with Gasteiger partial charge in [0.15, 0.2) is 5.69 Å². The highest BCUT2D eigenvalue weighted by Crippen LogP contribution is 2.39. The van der Waals surface area contributed by atoms with Gasteiger partial charge < -0.3 is 19.7 Å². The monoisotopic (exact) mass is 513 g/mol. The van der Waals surface area contributed by atoms with Crippen LogP contribution in [0, 0.1) is 0 Å². The van der Waals surface area contributed by atoms with Gasteiger partial charge in [-0.3, -0.25) is 4.79 Å². The lowest BCUT2D eigenvalue weighted by Gasteiger charge is -2.35. The summed E-state index contributed by atoms with van der Waals surface area (Å²) < 4.78 is 42.1. The molecule has 35 heavy (non-hydrogen) atoms. The molecule has 1 amide bonds. The zero-order valence-corrected chi connectivity index (χ0v) is 20.5. The summed E-state index contributed by atoms with van der Waals surface area (Å²) in [6, 6.07) is 0. The van der Waals surface area contributed by atoms with Gasteiger partial charge in [-0.25, -0.2) is 15.0 Å². The number of alkyl halides is 3. The highest BCUT2D eigenvalue weighted by Gasteiger charge is 2.37. The van der Waals surface area contributed by atoms with Crippen LogP contribution in [-0.4, -0.2) is 63.0 Å². The molecular weight excluding hydrogens is 483 g/mol. The number of imidazole rings is 1. The van der Waals surface area contributed by atoms with Gasteiger partial charge in [0.2, 0.25) is 5.91 Å². The lowest BCUT2D eigenvalue weighted by Crippen LogP contribution is -2.36. The number of nitrogens with zero attached hydrogens (tertiary/aromatic N) is 6. The van der Waals surface area contributed by atoms with Crippen LogP contribution in [0.15, 0.2) is 12.5 Å². The molecule has 5 heterocycles. The topological polar surface area (TPSA) is 79.2 Å². The molecule has 192 valence electrons. The molecule has 5 rings (SSSR count). The van der Waals surface area contributed by atoms with Gasteiger partial charge in [-0.1, -0.05) is 6.92 Å². The Morgan fingerprint density at radius 1 is 1.09 bits per heavy atom. The quantitative estimate of drug-likeness (QED) is 0.650. The molecule has 0 saturated carbocycles. The van der Waals surface area contributed by atoms with Crippen LogP contribution >= 0.6 is 12.4 Å². The first-order valence-electron chi connectivity index (χ1n) is 12.1. The molecule has 0 aliphatic carbocycles. The number of nitrogens with one attached hydrogen (secondary N) is 1. The van der Waals surface area contributed by atoms with Gasteiger partial charge in [-0.2, -0.15) is 13.2 Å². The predicted molar refractivity (Wildman–Crippen MR) is 128 cm³/mol. The number of carbonyl (C=O) groups is 1. The summed E-state index contributed by atoms with van der Waals surface area (Å²) >= 11 is 0. The number of anilines is 2. The van der Waals surface area contributed by atoms with Gasteiger partial charge in [-0.05, 0) is 44.7 Å². The smallest absolute Gasteiger partial charge is 0.356 e. The van der Waals surface area contributed by atoms with Crippen LogP contribution in [0.3, 0.4) is 0 Å². The molecule has 3 aliphatic rings. The maximum absolute atomic E-state index is 13.5. The summed E-state index contributed by atoms with van der Waals surface area (Å²) in [6.45, 7) is 6.61.